The van der Waals surface area contributed by atoms with Crippen LogP contribution < -0.4 is 14.2 Å². The molecule has 0 aliphatic heterocycles. The Hall–Kier alpha value is -3.00. The molecular formula is C20H20N2O5S. The minimum atomic E-state index is -0.106. The maximum atomic E-state index is 12.5. The van der Waals surface area contributed by atoms with E-state index in [9.17, 15) is 4.79 Å². The summed E-state index contributed by atoms with van der Waals surface area (Å²) in [5.74, 6) is 2.29. The smallest absolute Gasteiger partial charge is 0.277 e. The molecule has 0 unspecified atom stereocenters. The minimum absolute atomic E-state index is 0.106. The molecule has 3 rings (SSSR count). The SMILES string of the molecule is CCOc1ccc(-c2nnc(SCC(=O)c3ccc(OC)cc3OC)o2)cc1. The van der Waals surface area contributed by atoms with Crippen molar-refractivity contribution in [1.82, 2.24) is 10.2 Å². The fourth-order valence-electron chi connectivity index (χ4n) is 2.48. The van der Waals surface area contributed by atoms with Gasteiger partial charge in [-0.25, -0.2) is 0 Å². The van der Waals surface area contributed by atoms with E-state index in [0.29, 0.717) is 34.8 Å². The Balaban J connectivity index is 1.65. The van der Waals surface area contributed by atoms with Crippen LogP contribution in [0.5, 0.6) is 17.2 Å². The van der Waals surface area contributed by atoms with Crippen molar-refractivity contribution in [2.45, 2.75) is 12.1 Å². The van der Waals surface area contributed by atoms with Gasteiger partial charge in [0.05, 0.1) is 32.1 Å². The van der Waals surface area contributed by atoms with Crippen molar-refractivity contribution in [3.63, 3.8) is 0 Å². The minimum Gasteiger partial charge on any atom is -0.497 e. The van der Waals surface area contributed by atoms with E-state index in [0.717, 1.165) is 11.3 Å². The molecule has 8 heteroatoms. The largest absolute Gasteiger partial charge is 0.497 e. The van der Waals surface area contributed by atoms with Gasteiger partial charge in [-0.2, -0.15) is 0 Å². The molecule has 1 heterocycles. The lowest BCUT2D eigenvalue weighted by Gasteiger charge is -2.08. The molecule has 0 atom stereocenters. The lowest BCUT2D eigenvalue weighted by molar-refractivity contribution is 0.101. The molecule has 0 bridgehead atoms. The summed E-state index contributed by atoms with van der Waals surface area (Å²) in [5.41, 5.74) is 1.26. The number of Topliss-reactive ketones (excluding diaryl/α,β-unsaturated/α-hetero) is 1. The summed E-state index contributed by atoms with van der Waals surface area (Å²) >= 11 is 1.18. The highest BCUT2D eigenvalue weighted by Gasteiger charge is 2.16. The van der Waals surface area contributed by atoms with Crippen LogP contribution in [0, 0.1) is 0 Å². The van der Waals surface area contributed by atoms with E-state index in [4.69, 9.17) is 18.6 Å². The number of ether oxygens (including phenoxy) is 3. The van der Waals surface area contributed by atoms with Gasteiger partial charge < -0.3 is 18.6 Å². The molecule has 28 heavy (non-hydrogen) atoms. The molecule has 0 fully saturated rings. The van der Waals surface area contributed by atoms with E-state index in [1.165, 1.54) is 18.9 Å². The number of thioether (sulfide) groups is 1. The summed E-state index contributed by atoms with van der Waals surface area (Å²) in [6, 6.07) is 12.5. The van der Waals surface area contributed by atoms with E-state index in [-0.39, 0.29) is 11.5 Å². The third-order valence-electron chi connectivity index (χ3n) is 3.85. The van der Waals surface area contributed by atoms with Crippen LogP contribution >= 0.6 is 11.8 Å². The van der Waals surface area contributed by atoms with Gasteiger partial charge in [-0.05, 0) is 43.3 Å². The van der Waals surface area contributed by atoms with Crippen molar-refractivity contribution < 1.29 is 23.4 Å². The Morgan fingerprint density at radius 1 is 1.04 bits per heavy atom. The molecule has 146 valence electrons. The molecule has 0 spiro atoms. The first-order valence-electron chi connectivity index (χ1n) is 8.59. The Kier molecular flexibility index (Phi) is 6.54. The number of benzene rings is 2. The number of nitrogens with zero attached hydrogens (tertiary/aromatic N) is 2. The van der Waals surface area contributed by atoms with Crippen molar-refractivity contribution in [2.75, 3.05) is 26.6 Å². The molecule has 2 aromatic carbocycles. The number of hydrogen-bond donors (Lipinski definition) is 0. The first-order chi connectivity index (χ1) is 13.6. The number of carbonyl (C=O) groups excluding carboxylic acids is 1. The summed E-state index contributed by atoms with van der Waals surface area (Å²) in [5, 5.41) is 8.36. The van der Waals surface area contributed by atoms with Crippen LogP contribution in [0.3, 0.4) is 0 Å². The monoisotopic (exact) mass is 400 g/mol. The van der Waals surface area contributed by atoms with Crippen molar-refractivity contribution in [1.29, 1.82) is 0 Å². The number of aromatic nitrogens is 2. The van der Waals surface area contributed by atoms with Crippen LogP contribution in [0.4, 0.5) is 0 Å². The molecule has 0 aliphatic rings. The second-order valence-electron chi connectivity index (χ2n) is 5.61. The normalized spacial score (nSPS) is 10.5. The Morgan fingerprint density at radius 3 is 2.46 bits per heavy atom. The molecule has 0 aliphatic carbocycles. The number of carbonyl (C=O) groups is 1. The van der Waals surface area contributed by atoms with Crippen molar-refractivity contribution in [3.05, 3.63) is 48.0 Å². The van der Waals surface area contributed by atoms with Crippen LogP contribution in [0.25, 0.3) is 11.5 Å². The highest BCUT2D eigenvalue weighted by atomic mass is 32.2. The third kappa shape index (κ3) is 4.64. The van der Waals surface area contributed by atoms with Crippen LogP contribution in [0.2, 0.25) is 0 Å². The van der Waals surface area contributed by atoms with Crippen LogP contribution in [0.15, 0.2) is 52.1 Å². The molecule has 3 aromatic rings. The lowest BCUT2D eigenvalue weighted by atomic mass is 10.1. The maximum absolute atomic E-state index is 12.5. The van der Waals surface area contributed by atoms with Gasteiger partial charge in [0, 0.05) is 11.6 Å². The number of hydrogen-bond acceptors (Lipinski definition) is 8. The summed E-state index contributed by atoms with van der Waals surface area (Å²) in [7, 11) is 3.07. The van der Waals surface area contributed by atoms with Gasteiger partial charge in [-0.15, -0.1) is 10.2 Å². The predicted molar refractivity (Wildman–Crippen MR) is 106 cm³/mol. The second kappa shape index (κ2) is 9.27. The molecule has 0 amide bonds. The van der Waals surface area contributed by atoms with Crippen LogP contribution in [-0.2, 0) is 0 Å². The molecule has 0 saturated carbocycles. The fraction of sp³-hybridized carbons (Fsp3) is 0.250. The van der Waals surface area contributed by atoms with Crippen molar-refractivity contribution >= 4 is 17.5 Å². The average molecular weight is 400 g/mol. The standard InChI is InChI=1S/C20H20N2O5S/c1-4-26-14-7-5-13(6-8-14)19-21-22-20(27-19)28-12-17(23)16-10-9-15(24-2)11-18(16)25-3/h5-11H,4,12H2,1-3H3. The zero-order valence-corrected chi connectivity index (χ0v) is 16.6. The van der Waals surface area contributed by atoms with E-state index in [2.05, 4.69) is 10.2 Å². The molecule has 7 nitrogen and oxygen atoms in total. The zero-order valence-electron chi connectivity index (χ0n) is 15.8. The van der Waals surface area contributed by atoms with E-state index < -0.39 is 0 Å². The van der Waals surface area contributed by atoms with Crippen molar-refractivity contribution in [3.8, 4) is 28.7 Å². The van der Waals surface area contributed by atoms with Gasteiger partial charge in [0.15, 0.2) is 5.78 Å². The first-order valence-corrected chi connectivity index (χ1v) is 9.58. The highest BCUT2D eigenvalue weighted by molar-refractivity contribution is 7.99. The predicted octanol–water partition coefficient (Wildman–Crippen LogP) is 4.13. The average Bonchev–Trinajstić information content (AvgIpc) is 3.21. The van der Waals surface area contributed by atoms with Gasteiger partial charge in [0.1, 0.15) is 17.2 Å². The topological polar surface area (TPSA) is 83.7 Å². The molecule has 0 radical (unpaired) electrons. The maximum Gasteiger partial charge on any atom is 0.277 e. The van der Waals surface area contributed by atoms with E-state index in [1.54, 1.807) is 25.3 Å². The molecule has 0 N–H and O–H groups in total. The fourth-order valence-corrected chi connectivity index (χ4v) is 3.13. The second-order valence-corrected chi connectivity index (χ2v) is 6.54. The summed E-state index contributed by atoms with van der Waals surface area (Å²) < 4.78 is 21.5. The lowest BCUT2D eigenvalue weighted by Crippen LogP contribution is -2.05. The summed E-state index contributed by atoms with van der Waals surface area (Å²) in [6.45, 7) is 2.53. The first kappa shape index (κ1) is 19.8. The van der Waals surface area contributed by atoms with Gasteiger partial charge in [-0.1, -0.05) is 11.8 Å². The Morgan fingerprint density at radius 2 is 1.79 bits per heavy atom. The molecule has 1 aromatic heterocycles. The van der Waals surface area contributed by atoms with Crippen LogP contribution in [0.1, 0.15) is 17.3 Å². The Bertz CT molecular complexity index is 940. The Labute approximate surface area is 167 Å². The van der Waals surface area contributed by atoms with Gasteiger partial charge in [0.2, 0.25) is 5.89 Å². The zero-order chi connectivity index (χ0) is 19.9. The highest BCUT2D eigenvalue weighted by Crippen LogP contribution is 2.28. The van der Waals surface area contributed by atoms with Gasteiger partial charge in [-0.3, -0.25) is 4.79 Å². The number of methoxy groups -OCH3 is 2. The summed E-state index contributed by atoms with van der Waals surface area (Å²) in [4.78, 5) is 12.5. The molecular weight excluding hydrogens is 380 g/mol. The third-order valence-corrected chi connectivity index (χ3v) is 4.67. The number of ketones is 1. The van der Waals surface area contributed by atoms with Crippen molar-refractivity contribution in [2.24, 2.45) is 0 Å². The van der Waals surface area contributed by atoms with Gasteiger partial charge in [0.25, 0.3) is 5.22 Å². The van der Waals surface area contributed by atoms with E-state index >= 15 is 0 Å². The van der Waals surface area contributed by atoms with Gasteiger partial charge >= 0.3 is 0 Å². The quantitative estimate of drug-likeness (QED) is 0.392. The van der Waals surface area contributed by atoms with Crippen LogP contribution in [-0.4, -0.2) is 42.6 Å². The number of rotatable bonds is 9. The van der Waals surface area contributed by atoms with E-state index in [1.807, 2.05) is 31.2 Å². The summed E-state index contributed by atoms with van der Waals surface area (Å²) in [6.07, 6.45) is 0. The molecule has 0 saturated heterocycles.